The Labute approximate surface area is 559 Å². The zero-order valence-corrected chi connectivity index (χ0v) is 52.2. The van der Waals surface area contributed by atoms with Gasteiger partial charge in [-0.15, -0.1) is 0 Å². The maximum absolute atomic E-state index is 12.8. The van der Waals surface area contributed by atoms with Crippen LogP contribution in [0.25, 0.3) is 186 Å². The molecule has 0 unspecified atom stereocenters. The number of hydrogen-bond acceptors (Lipinski definition) is 2. The van der Waals surface area contributed by atoms with E-state index in [2.05, 4.69) is 251 Å². The van der Waals surface area contributed by atoms with Crippen molar-refractivity contribution in [3.63, 3.8) is 0 Å². The van der Waals surface area contributed by atoms with Crippen LogP contribution in [0.3, 0.4) is 0 Å². The monoisotopic (exact) mass is 1240 g/mol. The van der Waals surface area contributed by atoms with Gasteiger partial charge in [0.1, 0.15) is 12.1 Å². The quantitative estimate of drug-likeness (QED) is 0.149. The van der Waals surface area contributed by atoms with Crippen LogP contribution in [-0.2, 0) is 0 Å². The predicted molar refractivity (Wildman–Crippen MR) is 400 cm³/mol. The van der Waals surface area contributed by atoms with E-state index in [0.29, 0.717) is 22.7 Å². The lowest BCUT2D eigenvalue weighted by atomic mass is 9.89. The van der Waals surface area contributed by atoms with Crippen LogP contribution in [0.4, 0.5) is 11.4 Å². The third kappa shape index (κ3) is 7.35. The van der Waals surface area contributed by atoms with Gasteiger partial charge in [-0.05, 0) is 109 Å². The molecule has 0 radical (unpaired) electrons. The van der Waals surface area contributed by atoms with Crippen LogP contribution >= 0.6 is 0 Å². The molecule has 0 N–H and O–H groups in total. The van der Waals surface area contributed by atoms with E-state index < -0.39 is 0 Å². The van der Waals surface area contributed by atoms with Crippen molar-refractivity contribution in [3.8, 4) is 57.4 Å². The first-order chi connectivity index (χ1) is 48.5. The molecule has 0 fully saturated rings. The van der Waals surface area contributed by atoms with Gasteiger partial charge in [0, 0.05) is 87.1 Å². The fourth-order valence-corrected chi connectivity index (χ4v) is 16.4. The summed E-state index contributed by atoms with van der Waals surface area (Å²) in [7, 11) is 0. The van der Waals surface area contributed by atoms with Gasteiger partial charge in [0.25, 0.3) is 0 Å². The summed E-state index contributed by atoms with van der Waals surface area (Å²) in [5.74, 6) is 0. The molecule has 0 bridgehead atoms. The lowest BCUT2D eigenvalue weighted by Crippen LogP contribution is -2.08. The standard InChI is InChI=1S/C88H48N10/c1-91-87-83(96-73-41-21-11-31-57(73)58-32-12-22-42-74(58)96)50-82(97-75-43-23-15-35-61(75)65-45-77-63(47-79(65)97)59-33-13-17-37-69(59)93(77)53-25-5-3-6-26-53)68(52-90)86(87)85-67(51-89)81(95-71-39-19-9-29-55(71)56-30-10-20-40-72(56)95)49-84(88(85)92-2)98-76-44-24-16-36-62(76)66-46-78-64(48-80(66)98)60-34-14-18-38-70(60)94(78)54-27-7-4-8-28-54/h3-50H. The van der Waals surface area contributed by atoms with Crippen LogP contribution in [0, 0.1) is 35.8 Å². The molecule has 6 heterocycles. The number of benzene rings is 14. The predicted octanol–water partition coefficient (Wildman–Crippen LogP) is 22.8. The third-order valence-electron chi connectivity index (χ3n) is 20.3. The number of nitrogens with zero attached hydrogens (tertiary/aromatic N) is 10. The van der Waals surface area contributed by atoms with Gasteiger partial charge < -0.3 is 27.4 Å². The van der Waals surface area contributed by atoms with Crippen LogP contribution in [0.5, 0.6) is 0 Å². The first-order valence-electron chi connectivity index (χ1n) is 32.5. The topological polar surface area (TPSA) is 85.9 Å². The van der Waals surface area contributed by atoms with E-state index in [9.17, 15) is 23.7 Å². The first-order valence-corrected chi connectivity index (χ1v) is 32.5. The van der Waals surface area contributed by atoms with E-state index in [1.807, 2.05) is 84.9 Å². The Morgan fingerprint density at radius 1 is 0.224 bits per heavy atom. The highest BCUT2D eigenvalue weighted by atomic mass is 15.1. The number of fused-ring (bicyclic) bond motifs is 18. The van der Waals surface area contributed by atoms with Crippen LogP contribution < -0.4 is 0 Å². The maximum Gasteiger partial charge on any atom is 0.218 e. The van der Waals surface area contributed by atoms with Gasteiger partial charge in [-0.25, -0.2) is 9.69 Å². The van der Waals surface area contributed by atoms with Gasteiger partial charge >= 0.3 is 0 Å². The Hall–Kier alpha value is -14.2. The minimum Gasteiger partial charge on any atom is -0.319 e. The zero-order valence-electron chi connectivity index (χ0n) is 52.2. The lowest BCUT2D eigenvalue weighted by Gasteiger charge is -2.24. The summed E-state index contributed by atoms with van der Waals surface area (Å²) in [5.41, 5.74) is 15.6. The van der Waals surface area contributed by atoms with Crippen molar-refractivity contribution in [2.75, 3.05) is 0 Å². The van der Waals surface area contributed by atoms with Gasteiger partial charge in [0.2, 0.25) is 11.4 Å². The molecule has 98 heavy (non-hydrogen) atoms. The summed E-state index contributed by atoms with van der Waals surface area (Å²) < 4.78 is 13.3. The van der Waals surface area contributed by atoms with Gasteiger partial charge in [-0.3, -0.25) is 0 Å². The molecule has 0 aliphatic rings. The lowest BCUT2D eigenvalue weighted by molar-refractivity contribution is 1.12. The second-order valence-corrected chi connectivity index (χ2v) is 25.1. The molecule has 0 spiro atoms. The van der Waals surface area contributed by atoms with E-state index >= 15 is 0 Å². The van der Waals surface area contributed by atoms with Crippen molar-refractivity contribution in [2.45, 2.75) is 0 Å². The number of para-hydroxylation sites is 10. The molecule has 0 aliphatic heterocycles. The summed E-state index contributed by atoms with van der Waals surface area (Å²) >= 11 is 0. The van der Waals surface area contributed by atoms with Crippen LogP contribution in [-0.4, -0.2) is 27.4 Å². The number of aromatic nitrogens is 6. The molecule has 450 valence electrons. The van der Waals surface area contributed by atoms with E-state index in [1.165, 1.54) is 0 Å². The SMILES string of the molecule is [C-]#[N+]c1c(-n2c3ccccc3c3ccccc32)cc(-n2c3ccccc3c3cc4c(cc32)c2ccccc2n4-c2ccccc2)c(C#N)c1-c1c(C#N)c(-n2c3ccccc3c3ccccc32)cc(-n2c3ccccc3c3cc4c(cc32)c2ccccc2n4-c2ccccc2)c1[N+]#[C-]. The molecule has 20 aromatic rings. The highest BCUT2D eigenvalue weighted by molar-refractivity contribution is 6.22. The molecule has 0 saturated carbocycles. The fraction of sp³-hybridized carbons (Fsp3) is 0. The molecule has 10 heteroatoms. The highest BCUT2D eigenvalue weighted by Gasteiger charge is 2.34. The summed E-state index contributed by atoms with van der Waals surface area (Å²) in [6.45, 7) is 19.7. The molecule has 10 nitrogen and oxygen atoms in total. The van der Waals surface area contributed by atoms with Gasteiger partial charge in [0.15, 0.2) is 0 Å². The average Bonchev–Trinajstić information content (AvgIpc) is 1.44. The van der Waals surface area contributed by atoms with Gasteiger partial charge in [-0.1, -0.05) is 182 Å². The van der Waals surface area contributed by atoms with Crippen molar-refractivity contribution in [1.82, 2.24) is 27.4 Å². The molecule has 0 saturated heterocycles. The molecule has 0 aliphatic carbocycles. The van der Waals surface area contributed by atoms with Crippen LogP contribution in [0.1, 0.15) is 11.1 Å². The molecule has 6 aromatic heterocycles. The molecule has 0 atom stereocenters. The largest absolute Gasteiger partial charge is 0.319 e. The molecular weight excluding hydrogens is 1200 g/mol. The summed E-state index contributed by atoms with van der Waals surface area (Å²) in [6, 6.07) is 106. The molecule has 0 amide bonds. The van der Waals surface area contributed by atoms with E-state index in [4.69, 9.17) is 4.85 Å². The number of hydrogen-bond donors (Lipinski definition) is 0. The van der Waals surface area contributed by atoms with Crippen molar-refractivity contribution in [1.29, 1.82) is 10.5 Å². The Kier molecular flexibility index (Phi) is 11.5. The Morgan fingerprint density at radius 2 is 0.439 bits per heavy atom. The Morgan fingerprint density at radius 3 is 0.714 bits per heavy atom. The van der Waals surface area contributed by atoms with Crippen LogP contribution in [0.15, 0.2) is 291 Å². The zero-order chi connectivity index (χ0) is 65.0. The van der Waals surface area contributed by atoms with Gasteiger partial charge in [-0.2, -0.15) is 10.5 Å². The molecule has 20 rings (SSSR count). The van der Waals surface area contributed by atoms with Crippen molar-refractivity contribution >= 4 is 142 Å². The van der Waals surface area contributed by atoms with E-state index in [-0.39, 0.29) is 33.6 Å². The summed E-state index contributed by atoms with van der Waals surface area (Å²) in [4.78, 5) is 9.33. The summed E-state index contributed by atoms with van der Waals surface area (Å²) in [6.07, 6.45) is 0. The summed E-state index contributed by atoms with van der Waals surface area (Å²) in [5, 5.41) is 37.2. The van der Waals surface area contributed by atoms with E-state index in [1.54, 1.807) is 0 Å². The molecular formula is C88H48N10. The van der Waals surface area contributed by atoms with E-state index in [0.717, 1.165) is 142 Å². The number of nitriles is 2. The second-order valence-electron chi connectivity index (χ2n) is 25.1. The smallest absolute Gasteiger partial charge is 0.218 e. The van der Waals surface area contributed by atoms with Crippen molar-refractivity contribution < 1.29 is 0 Å². The van der Waals surface area contributed by atoms with Gasteiger partial charge in [0.05, 0.1) is 113 Å². The average molecular weight is 1250 g/mol. The Balaban J connectivity index is 0.994. The Bertz CT molecular complexity index is 6560. The molecule has 14 aromatic carbocycles. The minimum absolute atomic E-state index is 0.102. The number of rotatable bonds is 7. The maximum atomic E-state index is 12.8. The highest BCUT2D eigenvalue weighted by Crippen LogP contribution is 2.54. The fourth-order valence-electron chi connectivity index (χ4n) is 16.4. The van der Waals surface area contributed by atoms with Crippen molar-refractivity contribution in [2.24, 2.45) is 0 Å². The minimum atomic E-state index is 0.102. The van der Waals surface area contributed by atoms with Crippen molar-refractivity contribution in [3.05, 3.63) is 325 Å². The first kappa shape index (κ1) is 54.4. The second kappa shape index (κ2) is 20.7. The normalized spacial score (nSPS) is 11.8. The third-order valence-corrected chi connectivity index (χ3v) is 20.3. The van der Waals surface area contributed by atoms with Crippen LogP contribution in [0.2, 0.25) is 0 Å².